The molecule has 0 saturated carbocycles. The molecule has 10 bridgehead atoms. The summed E-state index contributed by atoms with van der Waals surface area (Å²) in [6.07, 6.45) is 3.56. The summed E-state index contributed by atoms with van der Waals surface area (Å²) in [6.45, 7) is 4.49. The second kappa shape index (κ2) is 11.2. The zero-order valence-electron chi connectivity index (χ0n) is 24.3. The Balaban J connectivity index is 1.30. The fourth-order valence-electron chi connectivity index (χ4n) is 6.64. The maximum Gasteiger partial charge on any atom is 0.304 e. The Morgan fingerprint density at radius 2 is 1.84 bits per heavy atom. The Morgan fingerprint density at radius 1 is 0.953 bits per heavy atom. The molecule has 8 heteroatoms. The summed E-state index contributed by atoms with van der Waals surface area (Å²) in [5.41, 5.74) is 7.50. The fourth-order valence-corrected chi connectivity index (χ4v) is 6.64. The minimum atomic E-state index is -0.858. The van der Waals surface area contributed by atoms with E-state index in [9.17, 15) is 14.7 Å². The summed E-state index contributed by atoms with van der Waals surface area (Å²) in [5, 5.41) is 20.9. The molecule has 3 aliphatic rings. The molecule has 1 amide bonds. The van der Waals surface area contributed by atoms with Gasteiger partial charge in [-0.15, -0.1) is 5.10 Å². The van der Waals surface area contributed by atoms with Gasteiger partial charge in [0.1, 0.15) is 11.3 Å². The van der Waals surface area contributed by atoms with E-state index in [0.717, 1.165) is 82.0 Å². The van der Waals surface area contributed by atoms with Crippen LogP contribution in [0.4, 0.5) is 0 Å². The van der Waals surface area contributed by atoms with Gasteiger partial charge in [-0.1, -0.05) is 41.6 Å². The number of fused-ring (bicyclic) bond motifs is 6. The van der Waals surface area contributed by atoms with E-state index in [4.69, 9.17) is 4.74 Å². The second-order valence-electron chi connectivity index (χ2n) is 11.7. The van der Waals surface area contributed by atoms with Crippen LogP contribution >= 0.6 is 0 Å². The highest BCUT2D eigenvalue weighted by atomic mass is 16.5. The number of aryl methyl sites for hydroxylation is 2. The molecule has 5 aromatic rings. The third-order valence-electron chi connectivity index (χ3n) is 9.01. The number of aromatic nitrogens is 3. The zero-order valence-corrected chi connectivity index (χ0v) is 24.3. The molecule has 3 aliphatic heterocycles. The van der Waals surface area contributed by atoms with Gasteiger partial charge in [0.2, 0.25) is 0 Å². The second-order valence-corrected chi connectivity index (χ2v) is 11.7. The van der Waals surface area contributed by atoms with E-state index in [1.54, 1.807) is 0 Å². The maximum absolute atomic E-state index is 13.7. The van der Waals surface area contributed by atoms with Gasteiger partial charge >= 0.3 is 5.97 Å². The lowest BCUT2D eigenvalue weighted by atomic mass is 9.83. The van der Waals surface area contributed by atoms with Gasteiger partial charge in [0.05, 0.1) is 18.5 Å². The first kappa shape index (κ1) is 27.1. The van der Waals surface area contributed by atoms with Gasteiger partial charge < -0.3 is 14.7 Å². The molecule has 0 radical (unpaired) electrons. The molecule has 0 saturated heterocycles. The molecule has 218 valence electrons. The van der Waals surface area contributed by atoms with Crippen molar-refractivity contribution < 1.29 is 19.4 Å². The molecular weight excluding hydrogens is 540 g/mol. The summed E-state index contributed by atoms with van der Waals surface area (Å²) in [5.74, 6) is -0.406. The molecule has 0 fully saturated rings. The van der Waals surface area contributed by atoms with Crippen molar-refractivity contribution in [2.75, 3.05) is 13.2 Å². The third-order valence-corrected chi connectivity index (χ3v) is 9.01. The van der Waals surface area contributed by atoms with E-state index in [1.165, 1.54) is 5.56 Å². The van der Waals surface area contributed by atoms with Crippen LogP contribution in [0.2, 0.25) is 0 Å². The lowest BCUT2D eigenvalue weighted by Crippen LogP contribution is -2.36. The van der Waals surface area contributed by atoms with Crippen molar-refractivity contribution >= 4 is 33.7 Å². The summed E-state index contributed by atoms with van der Waals surface area (Å²) in [4.78, 5) is 27.7. The quantitative estimate of drug-likeness (QED) is 0.267. The average Bonchev–Trinajstić information content (AvgIpc) is 3.44. The largest absolute Gasteiger partial charge is 0.494 e. The minimum absolute atomic E-state index is 0.00543. The van der Waals surface area contributed by atoms with E-state index in [0.29, 0.717) is 25.3 Å². The summed E-state index contributed by atoms with van der Waals surface area (Å²) in [7, 11) is 0. The van der Waals surface area contributed by atoms with Gasteiger partial charge in [-0.25, -0.2) is 4.68 Å². The van der Waals surface area contributed by atoms with Crippen molar-refractivity contribution in [2.45, 2.75) is 58.0 Å². The molecule has 43 heavy (non-hydrogen) atoms. The maximum atomic E-state index is 13.7. The van der Waals surface area contributed by atoms with Crippen LogP contribution in [0, 0.1) is 6.92 Å². The third kappa shape index (κ3) is 5.22. The van der Waals surface area contributed by atoms with Crippen LogP contribution in [0.1, 0.15) is 69.8 Å². The van der Waals surface area contributed by atoms with E-state index >= 15 is 0 Å². The number of hydrogen-bond acceptors (Lipinski definition) is 5. The van der Waals surface area contributed by atoms with E-state index < -0.39 is 5.97 Å². The SMILES string of the molecule is Cc1c2ccc3c1nnn3CCCCCOc1ccc3ccc(cc3c1)C(=O)N1CCc3ccc(cc3C1)C2CC(=O)O. The molecule has 4 heterocycles. The van der Waals surface area contributed by atoms with Crippen LogP contribution in [-0.4, -0.2) is 50.0 Å². The Bertz CT molecular complexity index is 1880. The van der Waals surface area contributed by atoms with Crippen LogP contribution in [0.5, 0.6) is 5.75 Å². The molecule has 8 nitrogen and oxygen atoms in total. The van der Waals surface area contributed by atoms with Crippen molar-refractivity contribution in [3.05, 3.63) is 100 Å². The number of nitrogens with zero attached hydrogens (tertiary/aromatic N) is 4. The number of rotatable bonds is 2. The van der Waals surface area contributed by atoms with Crippen molar-refractivity contribution in [3.8, 4) is 5.75 Å². The summed E-state index contributed by atoms with van der Waals surface area (Å²) in [6, 6.07) is 22.2. The highest BCUT2D eigenvalue weighted by Crippen LogP contribution is 2.35. The Labute approximate surface area is 249 Å². The Kier molecular flexibility index (Phi) is 7.05. The molecule has 8 rings (SSSR count). The standard InChI is InChI=1S/C35H34N4O4/c1-22-30-11-12-32-34(22)36-37-39(32)14-3-2-4-16-43-29-10-9-23-6-8-26(18-27(23)19-29)35(42)38-15-13-24-5-7-25(17-28(24)21-38)31(30)20-33(40)41/h5-12,17-19,31H,2-4,13-16,20-21H2,1H3,(H,40,41). The topological polar surface area (TPSA) is 97.5 Å². The van der Waals surface area contributed by atoms with Gasteiger partial charge in [0.15, 0.2) is 0 Å². The molecule has 1 aromatic heterocycles. The van der Waals surface area contributed by atoms with Crippen LogP contribution in [0.15, 0.2) is 66.7 Å². The van der Waals surface area contributed by atoms with E-state index in [1.807, 2.05) is 65.0 Å². The number of carbonyl (C=O) groups is 2. The van der Waals surface area contributed by atoms with Gasteiger partial charge in [-0.3, -0.25) is 9.59 Å². The Hall–Kier alpha value is -4.72. The first-order valence-corrected chi connectivity index (χ1v) is 15.1. The molecule has 0 spiro atoms. The number of aliphatic carboxylic acids is 1. The van der Waals surface area contributed by atoms with Gasteiger partial charge in [0, 0.05) is 31.1 Å². The number of hydrogen-bond donors (Lipinski definition) is 1. The number of carbonyl (C=O) groups excluding carboxylic acids is 1. The van der Waals surface area contributed by atoms with Crippen molar-refractivity contribution in [1.82, 2.24) is 19.9 Å². The molecule has 1 atom stereocenters. The molecule has 0 aliphatic carbocycles. The van der Waals surface area contributed by atoms with Crippen LogP contribution < -0.4 is 4.74 Å². The Morgan fingerprint density at radius 3 is 2.72 bits per heavy atom. The predicted octanol–water partition coefficient (Wildman–Crippen LogP) is 6.26. The number of carboxylic acid groups (broad SMARTS) is 1. The molecule has 4 aromatic carbocycles. The first-order chi connectivity index (χ1) is 20.9. The van der Waals surface area contributed by atoms with Crippen molar-refractivity contribution in [2.24, 2.45) is 0 Å². The first-order valence-electron chi connectivity index (χ1n) is 15.1. The lowest BCUT2D eigenvalue weighted by molar-refractivity contribution is -0.137. The van der Waals surface area contributed by atoms with E-state index in [-0.39, 0.29) is 18.2 Å². The molecule has 1 N–H and O–H groups in total. The lowest BCUT2D eigenvalue weighted by Gasteiger charge is -2.30. The number of ether oxygens (including phenoxy) is 1. The minimum Gasteiger partial charge on any atom is -0.494 e. The highest BCUT2D eigenvalue weighted by Gasteiger charge is 2.26. The van der Waals surface area contributed by atoms with Crippen molar-refractivity contribution in [3.63, 3.8) is 0 Å². The van der Waals surface area contributed by atoms with Gasteiger partial charge in [-0.2, -0.15) is 0 Å². The van der Waals surface area contributed by atoms with Crippen LogP contribution in [0.25, 0.3) is 21.8 Å². The molecule has 1 unspecified atom stereocenters. The monoisotopic (exact) mass is 574 g/mol. The number of amides is 1. The van der Waals surface area contributed by atoms with Crippen LogP contribution in [-0.2, 0) is 24.3 Å². The predicted molar refractivity (Wildman–Crippen MR) is 165 cm³/mol. The summed E-state index contributed by atoms with van der Waals surface area (Å²) < 4.78 is 8.02. The number of benzene rings is 4. The van der Waals surface area contributed by atoms with Gasteiger partial charge in [0.25, 0.3) is 5.91 Å². The average molecular weight is 575 g/mol. The highest BCUT2D eigenvalue weighted by molar-refractivity contribution is 5.99. The van der Waals surface area contributed by atoms with Crippen molar-refractivity contribution in [1.29, 1.82) is 0 Å². The smallest absolute Gasteiger partial charge is 0.304 e. The number of carboxylic acids is 1. The zero-order chi connectivity index (χ0) is 29.5. The van der Waals surface area contributed by atoms with E-state index in [2.05, 4.69) is 28.5 Å². The molecular formula is C35H34N4O4. The normalized spacial score (nSPS) is 17.4. The fraction of sp³-hybridized carbons (Fsp3) is 0.314. The summed E-state index contributed by atoms with van der Waals surface area (Å²) >= 11 is 0. The van der Waals surface area contributed by atoms with Gasteiger partial charge in [-0.05, 0) is 102 Å². The van der Waals surface area contributed by atoms with Crippen LogP contribution in [0.3, 0.4) is 0 Å².